The molecule has 0 bridgehead atoms. The maximum atomic E-state index is 11.9. The fourth-order valence-electron chi connectivity index (χ4n) is 2.33. The van der Waals surface area contributed by atoms with Crippen molar-refractivity contribution in [2.45, 2.75) is 25.0 Å². The first-order chi connectivity index (χ1) is 8.27. The van der Waals surface area contributed by atoms with Crippen molar-refractivity contribution >= 4 is 27.3 Å². The molecule has 1 aromatic rings. The molecule has 1 aromatic carbocycles. The van der Waals surface area contributed by atoms with Gasteiger partial charge in [0.15, 0.2) is 0 Å². The summed E-state index contributed by atoms with van der Waals surface area (Å²) >= 11 is 5.76. The number of para-hydroxylation sites is 1. The van der Waals surface area contributed by atoms with E-state index in [0.717, 1.165) is 11.8 Å². The van der Waals surface area contributed by atoms with Crippen LogP contribution in [0.2, 0.25) is 0 Å². The van der Waals surface area contributed by atoms with Crippen molar-refractivity contribution in [3.63, 3.8) is 0 Å². The Hall–Kier alpha value is -0.780. The molecule has 4 nitrogen and oxygen atoms in total. The van der Waals surface area contributed by atoms with Crippen LogP contribution in [-0.2, 0) is 16.4 Å². The average molecular weight is 290 g/mol. The Morgan fingerprint density at radius 3 is 2.67 bits per heavy atom. The van der Waals surface area contributed by atoms with Crippen molar-refractivity contribution in [3.8, 4) is 0 Å². The third kappa shape index (κ3) is 2.22. The number of hydrogen-bond donors (Lipinski definition) is 1. The Morgan fingerprint density at radius 2 is 2.11 bits per heavy atom. The standard InChI is InChI=1S/C12H16ClNO3S/c1-12(15,8-13)11-7-9-5-3-4-6-10(9)14(11)18(2,16)17/h3-6,11,15H,7-8H2,1-2H3. The summed E-state index contributed by atoms with van der Waals surface area (Å²) in [6.45, 7) is 1.56. The summed E-state index contributed by atoms with van der Waals surface area (Å²) in [6.07, 6.45) is 1.62. The Balaban J connectivity index is 2.54. The van der Waals surface area contributed by atoms with Crippen LogP contribution < -0.4 is 4.31 Å². The van der Waals surface area contributed by atoms with Crippen LogP contribution in [0.1, 0.15) is 12.5 Å². The second kappa shape index (κ2) is 4.40. The van der Waals surface area contributed by atoms with Crippen LogP contribution in [0.15, 0.2) is 24.3 Å². The van der Waals surface area contributed by atoms with Crippen LogP contribution in [0.25, 0.3) is 0 Å². The molecule has 1 aliphatic heterocycles. The van der Waals surface area contributed by atoms with E-state index in [4.69, 9.17) is 11.6 Å². The Bertz CT molecular complexity index is 556. The molecule has 1 aliphatic rings. The van der Waals surface area contributed by atoms with Crippen LogP contribution in [0.5, 0.6) is 0 Å². The highest BCUT2D eigenvalue weighted by molar-refractivity contribution is 7.92. The number of alkyl halides is 1. The number of aliphatic hydroxyl groups is 1. The van der Waals surface area contributed by atoms with E-state index in [-0.39, 0.29) is 5.88 Å². The van der Waals surface area contributed by atoms with Crippen molar-refractivity contribution in [1.82, 2.24) is 0 Å². The van der Waals surface area contributed by atoms with Crippen LogP contribution in [0, 0.1) is 0 Å². The van der Waals surface area contributed by atoms with Crippen molar-refractivity contribution in [3.05, 3.63) is 29.8 Å². The third-order valence-corrected chi connectivity index (χ3v) is 4.98. The molecule has 0 spiro atoms. The molecule has 2 rings (SSSR count). The fraction of sp³-hybridized carbons (Fsp3) is 0.500. The van der Waals surface area contributed by atoms with E-state index in [2.05, 4.69) is 0 Å². The molecule has 18 heavy (non-hydrogen) atoms. The zero-order valence-electron chi connectivity index (χ0n) is 10.3. The number of halogens is 1. The van der Waals surface area contributed by atoms with Gasteiger partial charge in [-0.15, -0.1) is 11.6 Å². The summed E-state index contributed by atoms with van der Waals surface area (Å²) in [5, 5.41) is 10.3. The molecule has 100 valence electrons. The summed E-state index contributed by atoms with van der Waals surface area (Å²) in [5.41, 5.74) is 0.289. The van der Waals surface area contributed by atoms with Gasteiger partial charge in [0.2, 0.25) is 10.0 Å². The minimum Gasteiger partial charge on any atom is -0.387 e. The fourth-order valence-corrected chi connectivity index (χ4v) is 3.81. The summed E-state index contributed by atoms with van der Waals surface area (Å²) in [5.74, 6) is -0.0162. The largest absolute Gasteiger partial charge is 0.387 e. The predicted molar refractivity (Wildman–Crippen MR) is 72.6 cm³/mol. The average Bonchev–Trinajstić information content (AvgIpc) is 2.68. The second-order valence-electron chi connectivity index (χ2n) is 4.90. The first-order valence-corrected chi connectivity index (χ1v) is 8.01. The van der Waals surface area contributed by atoms with Crippen LogP contribution in [0.4, 0.5) is 5.69 Å². The maximum absolute atomic E-state index is 11.9. The number of benzene rings is 1. The van der Waals surface area contributed by atoms with E-state index in [1.54, 1.807) is 19.1 Å². The number of anilines is 1. The molecule has 0 saturated heterocycles. The summed E-state index contributed by atoms with van der Waals surface area (Å²) in [4.78, 5) is 0. The highest BCUT2D eigenvalue weighted by Crippen LogP contribution is 2.38. The molecule has 0 aromatic heterocycles. The molecule has 0 radical (unpaired) electrons. The van der Waals surface area contributed by atoms with E-state index in [0.29, 0.717) is 12.1 Å². The van der Waals surface area contributed by atoms with Gasteiger partial charge in [-0.1, -0.05) is 18.2 Å². The number of rotatable bonds is 3. The quantitative estimate of drug-likeness (QED) is 0.855. The van der Waals surface area contributed by atoms with E-state index < -0.39 is 21.7 Å². The van der Waals surface area contributed by atoms with Crippen molar-refractivity contribution in [2.24, 2.45) is 0 Å². The Morgan fingerprint density at radius 1 is 1.50 bits per heavy atom. The second-order valence-corrected chi connectivity index (χ2v) is 7.02. The minimum atomic E-state index is -3.44. The molecule has 0 amide bonds. The van der Waals surface area contributed by atoms with Gasteiger partial charge in [-0.25, -0.2) is 8.42 Å². The monoisotopic (exact) mass is 289 g/mol. The summed E-state index contributed by atoms with van der Waals surface area (Å²) in [7, 11) is -3.44. The molecule has 6 heteroatoms. The van der Waals surface area contributed by atoms with Gasteiger partial charge in [0.1, 0.15) is 0 Å². The van der Waals surface area contributed by atoms with E-state index >= 15 is 0 Å². The SMILES string of the molecule is CC(O)(CCl)C1Cc2ccccc2N1S(C)(=O)=O. The van der Waals surface area contributed by atoms with E-state index in [1.807, 2.05) is 12.1 Å². The Labute approximate surface area is 112 Å². The minimum absolute atomic E-state index is 0.0162. The molecule has 0 saturated carbocycles. The highest BCUT2D eigenvalue weighted by Gasteiger charge is 2.44. The number of hydrogen-bond acceptors (Lipinski definition) is 3. The van der Waals surface area contributed by atoms with E-state index in [9.17, 15) is 13.5 Å². The Kier molecular flexibility index (Phi) is 3.34. The number of nitrogens with zero attached hydrogens (tertiary/aromatic N) is 1. The van der Waals surface area contributed by atoms with Crippen LogP contribution >= 0.6 is 11.6 Å². The summed E-state index contributed by atoms with van der Waals surface area (Å²) in [6, 6.07) is 6.71. The van der Waals surface area contributed by atoms with Gasteiger partial charge in [-0.05, 0) is 25.0 Å². The topological polar surface area (TPSA) is 57.6 Å². The lowest BCUT2D eigenvalue weighted by Gasteiger charge is -2.35. The molecular formula is C12H16ClNO3S. The third-order valence-electron chi connectivity index (χ3n) is 3.27. The normalized spacial score (nSPS) is 22.7. The van der Waals surface area contributed by atoms with E-state index in [1.165, 1.54) is 4.31 Å². The number of sulfonamides is 1. The van der Waals surface area contributed by atoms with Gasteiger partial charge >= 0.3 is 0 Å². The smallest absolute Gasteiger partial charge is 0.232 e. The molecule has 0 fully saturated rings. The summed E-state index contributed by atoms with van der Waals surface area (Å²) < 4.78 is 25.2. The zero-order chi connectivity index (χ0) is 13.6. The molecule has 2 unspecified atom stereocenters. The first-order valence-electron chi connectivity index (χ1n) is 5.63. The van der Waals surface area contributed by atoms with Gasteiger partial charge in [0.25, 0.3) is 0 Å². The van der Waals surface area contributed by atoms with Crippen LogP contribution in [-0.4, -0.2) is 37.3 Å². The van der Waals surface area contributed by atoms with Gasteiger partial charge < -0.3 is 5.11 Å². The van der Waals surface area contributed by atoms with Gasteiger partial charge in [-0.2, -0.15) is 0 Å². The van der Waals surface area contributed by atoms with Crippen LogP contribution in [0.3, 0.4) is 0 Å². The van der Waals surface area contributed by atoms with Crippen molar-refractivity contribution < 1.29 is 13.5 Å². The van der Waals surface area contributed by atoms with Gasteiger partial charge in [-0.3, -0.25) is 4.31 Å². The molecular weight excluding hydrogens is 274 g/mol. The first kappa shape index (κ1) is 13.6. The highest BCUT2D eigenvalue weighted by atomic mass is 35.5. The lowest BCUT2D eigenvalue weighted by atomic mass is 9.96. The molecule has 2 atom stereocenters. The maximum Gasteiger partial charge on any atom is 0.232 e. The molecule has 1 N–H and O–H groups in total. The lowest BCUT2D eigenvalue weighted by molar-refractivity contribution is 0.0601. The van der Waals surface area contributed by atoms with Gasteiger partial charge in [0, 0.05) is 0 Å². The van der Waals surface area contributed by atoms with Crippen molar-refractivity contribution in [2.75, 3.05) is 16.4 Å². The number of fused-ring (bicyclic) bond motifs is 1. The van der Waals surface area contributed by atoms with Crippen molar-refractivity contribution in [1.29, 1.82) is 0 Å². The van der Waals surface area contributed by atoms with Gasteiger partial charge in [0.05, 0.1) is 29.5 Å². The molecule has 1 heterocycles. The predicted octanol–water partition coefficient (Wildman–Crippen LogP) is 1.37. The molecule has 0 aliphatic carbocycles. The lowest BCUT2D eigenvalue weighted by Crippen LogP contribution is -2.52. The zero-order valence-corrected chi connectivity index (χ0v) is 11.9.